The number of aryl methyl sites for hydroxylation is 1. The zero-order valence-corrected chi connectivity index (χ0v) is 10.1. The van der Waals surface area contributed by atoms with Crippen LogP contribution in [0.25, 0.3) is 0 Å². The third-order valence-electron chi connectivity index (χ3n) is 2.54. The number of rotatable bonds is 4. The minimum absolute atomic E-state index is 0.0688. The molecule has 0 spiro atoms. The molecule has 0 radical (unpaired) electrons. The van der Waals surface area contributed by atoms with Crippen molar-refractivity contribution in [3.63, 3.8) is 0 Å². The van der Waals surface area contributed by atoms with Gasteiger partial charge < -0.3 is 10.0 Å². The maximum atomic E-state index is 12.4. The fourth-order valence-corrected chi connectivity index (χ4v) is 1.73. The van der Waals surface area contributed by atoms with Crippen LogP contribution in [0.15, 0.2) is 18.2 Å². The Labute approximate surface area is 103 Å². The zero-order chi connectivity index (χ0) is 13.9. The molecule has 18 heavy (non-hydrogen) atoms. The van der Waals surface area contributed by atoms with Crippen LogP contribution in [-0.4, -0.2) is 30.3 Å². The second-order valence-electron chi connectivity index (χ2n) is 3.94. The molecule has 1 aromatic carbocycles. The smallest absolute Gasteiger partial charge is 0.405 e. The summed E-state index contributed by atoms with van der Waals surface area (Å²) >= 11 is 0. The molecular formula is C12H14F3NO2. The highest BCUT2D eigenvalue weighted by Gasteiger charge is 2.30. The van der Waals surface area contributed by atoms with Gasteiger partial charge in [0.05, 0.1) is 5.56 Å². The van der Waals surface area contributed by atoms with E-state index in [-0.39, 0.29) is 12.1 Å². The van der Waals surface area contributed by atoms with Gasteiger partial charge in [-0.15, -0.1) is 0 Å². The van der Waals surface area contributed by atoms with Gasteiger partial charge in [-0.05, 0) is 37.6 Å². The van der Waals surface area contributed by atoms with Gasteiger partial charge in [-0.2, -0.15) is 13.2 Å². The van der Waals surface area contributed by atoms with Crippen LogP contribution in [0, 0.1) is 6.92 Å². The van der Waals surface area contributed by atoms with E-state index in [0.717, 1.165) is 0 Å². The summed E-state index contributed by atoms with van der Waals surface area (Å²) < 4.78 is 37.1. The number of hydrogen-bond acceptors (Lipinski definition) is 2. The molecule has 0 saturated heterocycles. The van der Waals surface area contributed by atoms with Crippen molar-refractivity contribution in [3.8, 4) is 0 Å². The van der Waals surface area contributed by atoms with Crippen LogP contribution in [-0.2, 0) is 0 Å². The molecule has 1 rings (SSSR count). The third-order valence-corrected chi connectivity index (χ3v) is 2.54. The molecule has 0 unspecified atom stereocenters. The Balaban J connectivity index is 3.04. The van der Waals surface area contributed by atoms with Crippen LogP contribution in [0.2, 0.25) is 0 Å². The van der Waals surface area contributed by atoms with Crippen LogP contribution < -0.4 is 4.90 Å². The van der Waals surface area contributed by atoms with Gasteiger partial charge in [0, 0.05) is 12.2 Å². The van der Waals surface area contributed by atoms with Crippen molar-refractivity contribution in [2.24, 2.45) is 0 Å². The number of benzene rings is 1. The van der Waals surface area contributed by atoms with Gasteiger partial charge in [0.25, 0.3) is 0 Å². The number of carbonyl (C=O) groups is 1. The lowest BCUT2D eigenvalue weighted by molar-refractivity contribution is -0.119. The van der Waals surface area contributed by atoms with Gasteiger partial charge in [-0.1, -0.05) is 0 Å². The molecule has 0 fully saturated rings. The van der Waals surface area contributed by atoms with Crippen molar-refractivity contribution in [3.05, 3.63) is 29.3 Å². The monoisotopic (exact) mass is 261 g/mol. The van der Waals surface area contributed by atoms with Crippen molar-refractivity contribution in [1.82, 2.24) is 0 Å². The summed E-state index contributed by atoms with van der Waals surface area (Å²) in [5, 5.41) is 8.79. The molecule has 0 saturated carbocycles. The van der Waals surface area contributed by atoms with E-state index in [0.29, 0.717) is 11.3 Å². The van der Waals surface area contributed by atoms with Crippen LogP contribution in [0.5, 0.6) is 0 Å². The molecule has 0 aliphatic heterocycles. The first kappa shape index (κ1) is 14.3. The molecule has 1 N–H and O–H groups in total. The van der Waals surface area contributed by atoms with Crippen LogP contribution in [0.3, 0.4) is 0 Å². The molecule has 0 amide bonds. The second kappa shape index (κ2) is 5.29. The van der Waals surface area contributed by atoms with Gasteiger partial charge >= 0.3 is 12.1 Å². The summed E-state index contributed by atoms with van der Waals surface area (Å²) in [5.41, 5.74) is 0.986. The Bertz CT molecular complexity index is 443. The number of nitrogens with zero attached hydrogens (tertiary/aromatic N) is 1. The lowest BCUT2D eigenvalue weighted by Gasteiger charge is -2.26. The van der Waals surface area contributed by atoms with Crippen molar-refractivity contribution in [2.75, 3.05) is 18.0 Å². The van der Waals surface area contributed by atoms with Crippen molar-refractivity contribution < 1.29 is 23.1 Å². The maximum Gasteiger partial charge on any atom is 0.405 e. The first-order valence-electron chi connectivity index (χ1n) is 5.40. The Kier molecular flexibility index (Phi) is 4.21. The molecule has 0 aliphatic rings. The molecule has 0 atom stereocenters. The third kappa shape index (κ3) is 3.65. The van der Waals surface area contributed by atoms with E-state index in [1.54, 1.807) is 13.8 Å². The highest BCUT2D eigenvalue weighted by molar-refractivity contribution is 5.88. The highest BCUT2D eigenvalue weighted by atomic mass is 19.4. The average Bonchev–Trinajstić information content (AvgIpc) is 2.24. The Morgan fingerprint density at radius 1 is 1.39 bits per heavy atom. The van der Waals surface area contributed by atoms with Gasteiger partial charge in [0.15, 0.2) is 0 Å². The molecule has 0 bridgehead atoms. The predicted octanol–water partition coefficient (Wildman–Crippen LogP) is 3.08. The van der Waals surface area contributed by atoms with E-state index in [1.165, 1.54) is 23.1 Å². The Morgan fingerprint density at radius 2 is 2.00 bits per heavy atom. The number of anilines is 1. The maximum absolute atomic E-state index is 12.4. The molecular weight excluding hydrogens is 247 g/mol. The second-order valence-corrected chi connectivity index (χ2v) is 3.94. The van der Waals surface area contributed by atoms with Crippen molar-refractivity contribution in [1.29, 1.82) is 0 Å². The SMILES string of the molecule is CCN(CC(F)(F)F)c1ccc(C(=O)O)cc1C. The normalized spacial score (nSPS) is 11.4. The van der Waals surface area contributed by atoms with E-state index in [4.69, 9.17) is 5.11 Å². The number of hydrogen-bond donors (Lipinski definition) is 1. The summed E-state index contributed by atoms with van der Waals surface area (Å²) in [6.45, 7) is 2.38. The fraction of sp³-hybridized carbons (Fsp3) is 0.417. The first-order chi connectivity index (χ1) is 8.24. The van der Waals surface area contributed by atoms with E-state index < -0.39 is 18.7 Å². The van der Waals surface area contributed by atoms with Crippen molar-refractivity contribution in [2.45, 2.75) is 20.0 Å². The summed E-state index contributed by atoms with van der Waals surface area (Å²) in [5.74, 6) is -1.09. The molecule has 0 aliphatic carbocycles. The van der Waals surface area contributed by atoms with E-state index in [2.05, 4.69) is 0 Å². The summed E-state index contributed by atoms with van der Waals surface area (Å²) in [7, 11) is 0. The van der Waals surface area contributed by atoms with E-state index >= 15 is 0 Å². The topological polar surface area (TPSA) is 40.5 Å². The lowest BCUT2D eigenvalue weighted by Crippen LogP contribution is -2.34. The fourth-order valence-electron chi connectivity index (χ4n) is 1.73. The molecule has 100 valence electrons. The highest BCUT2D eigenvalue weighted by Crippen LogP contribution is 2.25. The van der Waals surface area contributed by atoms with Gasteiger partial charge in [0.2, 0.25) is 0 Å². The number of carboxylic acid groups (broad SMARTS) is 1. The molecule has 6 heteroatoms. The number of alkyl halides is 3. The van der Waals surface area contributed by atoms with Crippen LogP contribution in [0.4, 0.5) is 18.9 Å². The van der Waals surface area contributed by atoms with Gasteiger partial charge in [-0.25, -0.2) is 4.79 Å². The predicted molar refractivity (Wildman–Crippen MR) is 62.1 cm³/mol. The minimum Gasteiger partial charge on any atom is -0.478 e. The molecule has 0 heterocycles. The summed E-state index contributed by atoms with van der Waals surface area (Å²) in [6, 6.07) is 4.09. The standard InChI is InChI=1S/C12H14F3NO2/c1-3-16(7-12(13,14)15)10-5-4-9(11(17)18)6-8(10)2/h4-6H,3,7H2,1-2H3,(H,17,18). The van der Waals surface area contributed by atoms with Gasteiger partial charge in [0.1, 0.15) is 6.54 Å². The van der Waals surface area contributed by atoms with E-state index in [9.17, 15) is 18.0 Å². The number of carboxylic acids is 1. The first-order valence-corrected chi connectivity index (χ1v) is 5.40. The largest absolute Gasteiger partial charge is 0.478 e. The lowest BCUT2D eigenvalue weighted by atomic mass is 10.1. The minimum atomic E-state index is -4.28. The molecule has 1 aromatic rings. The Hall–Kier alpha value is -1.72. The molecule has 0 aromatic heterocycles. The molecule has 3 nitrogen and oxygen atoms in total. The quantitative estimate of drug-likeness (QED) is 0.905. The van der Waals surface area contributed by atoms with Crippen LogP contribution >= 0.6 is 0 Å². The number of halogens is 3. The number of aromatic carboxylic acids is 1. The van der Waals surface area contributed by atoms with Gasteiger partial charge in [-0.3, -0.25) is 0 Å². The zero-order valence-electron chi connectivity index (χ0n) is 10.1. The summed E-state index contributed by atoms with van der Waals surface area (Å²) in [6.07, 6.45) is -4.28. The average molecular weight is 261 g/mol. The van der Waals surface area contributed by atoms with E-state index in [1.807, 2.05) is 0 Å². The van der Waals surface area contributed by atoms with Crippen LogP contribution in [0.1, 0.15) is 22.8 Å². The Morgan fingerprint density at radius 3 is 2.39 bits per heavy atom. The van der Waals surface area contributed by atoms with Crippen molar-refractivity contribution >= 4 is 11.7 Å². The summed E-state index contributed by atoms with van der Waals surface area (Å²) in [4.78, 5) is 11.9.